The molecule has 16 heavy (non-hydrogen) atoms. The van der Waals surface area contributed by atoms with Gasteiger partial charge in [-0.3, -0.25) is 0 Å². The van der Waals surface area contributed by atoms with E-state index in [-0.39, 0.29) is 6.04 Å². The van der Waals surface area contributed by atoms with E-state index in [1.165, 1.54) is 16.8 Å². The highest BCUT2D eigenvalue weighted by atomic mass is 15.2. The van der Waals surface area contributed by atoms with Crippen LogP contribution in [0.1, 0.15) is 31.4 Å². The van der Waals surface area contributed by atoms with Gasteiger partial charge in [-0.25, -0.2) is 0 Å². The number of likely N-dealkylation sites (N-methyl/N-ethyl adjacent to an activating group) is 1. The van der Waals surface area contributed by atoms with E-state index in [1.807, 2.05) is 0 Å². The summed E-state index contributed by atoms with van der Waals surface area (Å²) in [6, 6.07) is 7.67. The summed E-state index contributed by atoms with van der Waals surface area (Å²) in [6.07, 6.45) is 2.24. The zero-order valence-electron chi connectivity index (χ0n) is 10.5. The van der Waals surface area contributed by atoms with Crippen LogP contribution in [0.15, 0.2) is 18.2 Å². The van der Waals surface area contributed by atoms with Gasteiger partial charge in [0, 0.05) is 24.3 Å². The monoisotopic (exact) mass is 218 g/mol. The number of nitrogens with two attached hydrogens (primary N) is 1. The van der Waals surface area contributed by atoms with E-state index in [0.717, 1.165) is 19.4 Å². The number of anilines is 1. The molecule has 1 aromatic rings. The second-order valence-electron chi connectivity index (χ2n) is 4.99. The fraction of sp³-hybridized carbons (Fsp3) is 0.571. The zero-order valence-corrected chi connectivity index (χ0v) is 10.5. The highest BCUT2D eigenvalue weighted by Gasteiger charge is 2.28. The number of hydrogen-bond donors (Lipinski definition) is 1. The fourth-order valence-electron chi connectivity index (χ4n) is 2.79. The van der Waals surface area contributed by atoms with Crippen LogP contribution in [-0.4, -0.2) is 18.6 Å². The third-order valence-corrected chi connectivity index (χ3v) is 3.43. The molecule has 0 saturated heterocycles. The van der Waals surface area contributed by atoms with E-state index in [0.29, 0.717) is 6.04 Å². The Hall–Kier alpha value is -1.02. The Morgan fingerprint density at radius 2 is 2.25 bits per heavy atom. The molecule has 88 valence electrons. The maximum atomic E-state index is 5.93. The summed E-state index contributed by atoms with van der Waals surface area (Å²) in [6.45, 7) is 7.56. The van der Waals surface area contributed by atoms with Crippen molar-refractivity contribution in [2.45, 2.75) is 45.7 Å². The fourth-order valence-corrected chi connectivity index (χ4v) is 2.79. The van der Waals surface area contributed by atoms with Crippen LogP contribution < -0.4 is 10.6 Å². The summed E-state index contributed by atoms with van der Waals surface area (Å²) in [4.78, 5) is 2.50. The van der Waals surface area contributed by atoms with Gasteiger partial charge in [0.25, 0.3) is 0 Å². The Labute approximate surface area is 98.4 Å². The Bertz CT molecular complexity index is 371. The number of hydrogen-bond acceptors (Lipinski definition) is 2. The lowest BCUT2D eigenvalue weighted by Crippen LogP contribution is -2.36. The Morgan fingerprint density at radius 3 is 2.88 bits per heavy atom. The summed E-state index contributed by atoms with van der Waals surface area (Å²) in [5.74, 6) is 0. The lowest BCUT2D eigenvalue weighted by molar-refractivity contribution is 0.529. The van der Waals surface area contributed by atoms with Crippen LogP contribution in [0.5, 0.6) is 0 Å². The van der Waals surface area contributed by atoms with Gasteiger partial charge < -0.3 is 10.6 Å². The topological polar surface area (TPSA) is 29.3 Å². The van der Waals surface area contributed by atoms with Crippen LogP contribution in [-0.2, 0) is 6.42 Å². The van der Waals surface area contributed by atoms with Crippen molar-refractivity contribution in [1.29, 1.82) is 0 Å². The van der Waals surface area contributed by atoms with Crippen molar-refractivity contribution in [3.8, 4) is 0 Å². The minimum atomic E-state index is 0.287. The van der Waals surface area contributed by atoms with Gasteiger partial charge >= 0.3 is 0 Å². The maximum Gasteiger partial charge on any atom is 0.0402 e. The second kappa shape index (κ2) is 4.46. The first kappa shape index (κ1) is 11.5. The van der Waals surface area contributed by atoms with Gasteiger partial charge in [-0.1, -0.05) is 17.7 Å². The Balaban J connectivity index is 2.25. The van der Waals surface area contributed by atoms with Crippen LogP contribution >= 0.6 is 0 Å². The molecule has 2 rings (SSSR count). The van der Waals surface area contributed by atoms with E-state index in [4.69, 9.17) is 5.73 Å². The van der Waals surface area contributed by atoms with E-state index < -0.39 is 0 Å². The number of nitrogens with zero attached hydrogens (tertiary/aromatic N) is 1. The molecule has 0 aromatic heterocycles. The Morgan fingerprint density at radius 1 is 1.50 bits per heavy atom. The molecule has 0 fully saturated rings. The SMILES string of the molecule is CCN1c2ccc(C)cc2CC1CC(C)N. The lowest BCUT2D eigenvalue weighted by atomic mass is 10.0. The molecule has 2 atom stereocenters. The summed E-state index contributed by atoms with van der Waals surface area (Å²) in [5.41, 5.74) is 10.2. The molecule has 0 bridgehead atoms. The van der Waals surface area contributed by atoms with Gasteiger partial charge in [-0.15, -0.1) is 0 Å². The molecule has 2 N–H and O–H groups in total. The van der Waals surface area contributed by atoms with Crippen LogP contribution in [0.25, 0.3) is 0 Å². The summed E-state index contributed by atoms with van der Waals surface area (Å²) >= 11 is 0. The van der Waals surface area contributed by atoms with Crippen molar-refractivity contribution in [2.24, 2.45) is 5.73 Å². The molecule has 0 radical (unpaired) electrons. The molecular weight excluding hydrogens is 196 g/mol. The molecule has 0 aliphatic carbocycles. The smallest absolute Gasteiger partial charge is 0.0402 e. The second-order valence-corrected chi connectivity index (χ2v) is 4.99. The normalized spacial score (nSPS) is 21.0. The lowest BCUT2D eigenvalue weighted by Gasteiger charge is -2.27. The van der Waals surface area contributed by atoms with Gasteiger partial charge in [0.05, 0.1) is 0 Å². The first-order chi connectivity index (χ1) is 7.61. The van der Waals surface area contributed by atoms with E-state index >= 15 is 0 Å². The van der Waals surface area contributed by atoms with Crippen LogP contribution in [0.4, 0.5) is 5.69 Å². The molecule has 2 nitrogen and oxygen atoms in total. The molecule has 1 aromatic carbocycles. The number of fused-ring (bicyclic) bond motifs is 1. The average Bonchev–Trinajstić information content (AvgIpc) is 2.52. The third kappa shape index (κ3) is 2.07. The molecule has 0 saturated carbocycles. The highest BCUT2D eigenvalue weighted by Crippen LogP contribution is 2.34. The predicted octanol–water partition coefficient (Wildman–Crippen LogP) is 2.48. The van der Waals surface area contributed by atoms with Crippen LogP contribution in [0.3, 0.4) is 0 Å². The van der Waals surface area contributed by atoms with Crippen molar-refractivity contribution in [3.05, 3.63) is 29.3 Å². The number of aryl methyl sites for hydroxylation is 1. The van der Waals surface area contributed by atoms with Crippen molar-refractivity contribution < 1.29 is 0 Å². The van der Waals surface area contributed by atoms with Gasteiger partial charge in [-0.2, -0.15) is 0 Å². The van der Waals surface area contributed by atoms with Gasteiger partial charge in [0.15, 0.2) is 0 Å². The first-order valence-electron chi connectivity index (χ1n) is 6.23. The van der Waals surface area contributed by atoms with Gasteiger partial charge in [0.1, 0.15) is 0 Å². The molecule has 2 heteroatoms. The van der Waals surface area contributed by atoms with Crippen LogP contribution in [0.2, 0.25) is 0 Å². The van der Waals surface area contributed by atoms with Crippen molar-refractivity contribution in [3.63, 3.8) is 0 Å². The summed E-state index contributed by atoms with van der Waals surface area (Å²) in [7, 11) is 0. The first-order valence-corrected chi connectivity index (χ1v) is 6.23. The summed E-state index contributed by atoms with van der Waals surface area (Å²) < 4.78 is 0. The minimum absolute atomic E-state index is 0.287. The molecule has 1 aliphatic heterocycles. The highest BCUT2D eigenvalue weighted by molar-refractivity contribution is 5.60. The molecule has 2 unspecified atom stereocenters. The molecule has 0 spiro atoms. The van der Waals surface area contributed by atoms with Gasteiger partial charge in [-0.05, 0) is 45.2 Å². The molecule has 1 heterocycles. The van der Waals surface area contributed by atoms with Crippen LogP contribution in [0, 0.1) is 6.92 Å². The number of rotatable bonds is 3. The largest absolute Gasteiger partial charge is 0.368 e. The molecule has 0 amide bonds. The quantitative estimate of drug-likeness (QED) is 0.844. The number of benzene rings is 1. The average molecular weight is 218 g/mol. The van der Waals surface area contributed by atoms with E-state index in [1.54, 1.807) is 0 Å². The van der Waals surface area contributed by atoms with E-state index in [9.17, 15) is 0 Å². The minimum Gasteiger partial charge on any atom is -0.368 e. The summed E-state index contributed by atoms with van der Waals surface area (Å²) in [5, 5.41) is 0. The van der Waals surface area contributed by atoms with Crippen molar-refractivity contribution >= 4 is 5.69 Å². The standard InChI is InChI=1S/C14H22N2/c1-4-16-13(8-11(3)15)9-12-7-10(2)5-6-14(12)16/h5-7,11,13H,4,8-9,15H2,1-3H3. The molecular formula is C14H22N2. The third-order valence-electron chi connectivity index (χ3n) is 3.43. The maximum absolute atomic E-state index is 5.93. The zero-order chi connectivity index (χ0) is 11.7. The Kier molecular flexibility index (Phi) is 3.20. The van der Waals surface area contributed by atoms with Crippen molar-refractivity contribution in [1.82, 2.24) is 0 Å². The molecule has 1 aliphatic rings. The van der Waals surface area contributed by atoms with Gasteiger partial charge in [0.2, 0.25) is 0 Å². The van der Waals surface area contributed by atoms with Crippen molar-refractivity contribution in [2.75, 3.05) is 11.4 Å². The predicted molar refractivity (Wildman–Crippen MR) is 70.0 cm³/mol. The van der Waals surface area contributed by atoms with E-state index in [2.05, 4.69) is 43.9 Å².